The van der Waals surface area contributed by atoms with Crippen molar-refractivity contribution in [3.05, 3.63) is 17.9 Å². The van der Waals surface area contributed by atoms with Gasteiger partial charge in [0.25, 0.3) is 5.58 Å². The number of fused-ring (bicyclic) bond motifs is 1. The van der Waals surface area contributed by atoms with Crippen LogP contribution in [0.1, 0.15) is 12.8 Å². The Kier molecular flexibility index (Phi) is 1.56. The predicted molar refractivity (Wildman–Crippen MR) is 49.9 cm³/mol. The molecule has 0 atom stereocenters. The molecule has 0 aliphatic carbocycles. The monoisotopic (exact) mass is 195 g/mol. The maximum absolute atomic E-state index is 13.7. The number of hydrogen-bond acceptors (Lipinski definition) is 3. The molecule has 2 aromatic rings. The van der Waals surface area contributed by atoms with Crippen molar-refractivity contribution < 1.29 is 13.5 Å². The molecular formula is C10H10FNO2. The molecule has 1 aliphatic heterocycles. The zero-order valence-corrected chi connectivity index (χ0v) is 7.62. The molecule has 2 heterocycles. The molecule has 0 bridgehead atoms. The van der Waals surface area contributed by atoms with Crippen molar-refractivity contribution in [1.29, 1.82) is 0 Å². The molecule has 1 aliphatic rings. The lowest BCUT2D eigenvalue weighted by Crippen LogP contribution is -2.19. The third-order valence-corrected chi connectivity index (χ3v) is 2.70. The molecule has 0 N–H and O–H groups in total. The smallest absolute Gasteiger partial charge is 0.263 e. The van der Waals surface area contributed by atoms with E-state index in [1.54, 1.807) is 12.1 Å². The highest BCUT2D eigenvalue weighted by molar-refractivity contribution is 5.77. The van der Waals surface area contributed by atoms with Crippen LogP contribution >= 0.6 is 0 Å². The maximum Gasteiger partial charge on any atom is 0.263 e. The number of hydrogen-bond donors (Lipinski definition) is 0. The van der Waals surface area contributed by atoms with Gasteiger partial charge in [0.15, 0.2) is 5.82 Å². The van der Waals surface area contributed by atoms with E-state index in [2.05, 4.69) is 9.15 Å². The van der Waals surface area contributed by atoms with Gasteiger partial charge in [-0.25, -0.2) is 4.39 Å². The Hall–Kier alpha value is -1.45. The molecule has 0 saturated carbocycles. The van der Waals surface area contributed by atoms with Crippen LogP contribution in [0.5, 0.6) is 0 Å². The van der Waals surface area contributed by atoms with E-state index in [1.807, 2.05) is 4.90 Å². The SMILES string of the molecule is Fc1c(N2CCCC2)ccc2ooc12. The van der Waals surface area contributed by atoms with E-state index < -0.39 is 0 Å². The molecule has 1 fully saturated rings. The zero-order chi connectivity index (χ0) is 9.54. The highest BCUT2D eigenvalue weighted by atomic mass is 19.1. The van der Waals surface area contributed by atoms with Gasteiger partial charge >= 0.3 is 0 Å². The summed E-state index contributed by atoms with van der Waals surface area (Å²) >= 11 is 0. The summed E-state index contributed by atoms with van der Waals surface area (Å²) in [6.07, 6.45) is 2.27. The molecule has 1 aromatic carbocycles. The Balaban J connectivity index is 2.08. The van der Waals surface area contributed by atoms with Crippen molar-refractivity contribution in [3.8, 4) is 0 Å². The normalized spacial score (nSPS) is 17.1. The summed E-state index contributed by atoms with van der Waals surface area (Å²) in [7, 11) is 0. The fraction of sp³-hybridized carbons (Fsp3) is 0.400. The van der Waals surface area contributed by atoms with Gasteiger partial charge in [-0.05, 0) is 25.0 Å². The van der Waals surface area contributed by atoms with Gasteiger partial charge < -0.3 is 4.90 Å². The van der Waals surface area contributed by atoms with Crippen molar-refractivity contribution in [1.82, 2.24) is 0 Å². The topological polar surface area (TPSA) is 29.5 Å². The summed E-state index contributed by atoms with van der Waals surface area (Å²) in [4.78, 5) is 2.04. The molecule has 3 nitrogen and oxygen atoms in total. The third kappa shape index (κ3) is 0.967. The van der Waals surface area contributed by atoms with E-state index in [9.17, 15) is 4.39 Å². The van der Waals surface area contributed by atoms with Gasteiger partial charge in [0, 0.05) is 13.1 Å². The van der Waals surface area contributed by atoms with Gasteiger partial charge in [0.2, 0.25) is 5.58 Å². The van der Waals surface area contributed by atoms with Crippen LogP contribution in [0.2, 0.25) is 0 Å². The van der Waals surface area contributed by atoms with Crippen LogP contribution in [0.25, 0.3) is 11.2 Å². The van der Waals surface area contributed by atoms with Crippen molar-refractivity contribution in [2.24, 2.45) is 0 Å². The van der Waals surface area contributed by atoms with Gasteiger partial charge in [-0.2, -0.15) is 0 Å². The summed E-state index contributed by atoms with van der Waals surface area (Å²) in [5.41, 5.74) is 1.37. The van der Waals surface area contributed by atoms with Gasteiger partial charge in [-0.3, -0.25) is 9.15 Å². The Morgan fingerprint density at radius 3 is 2.57 bits per heavy atom. The summed E-state index contributed by atoms with van der Waals surface area (Å²) in [6, 6.07) is 3.50. The number of halogens is 1. The highest BCUT2D eigenvalue weighted by Crippen LogP contribution is 2.31. The Morgan fingerprint density at radius 1 is 1.14 bits per heavy atom. The molecular weight excluding hydrogens is 185 g/mol. The minimum Gasteiger partial charge on any atom is -0.369 e. The molecule has 14 heavy (non-hydrogen) atoms. The molecule has 3 rings (SSSR count). The van der Waals surface area contributed by atoms with E-state index in [0.29, 0.717) is 11.3 Å². The molecule has 1 aromatic heterocycles. The number of anilines is 1. The van der Waals surface area contributed by atoms with E-state index in [-0.39, 0.29) is 11.4 Å². The van der Waals surface area contributed by atoms with E-state index in [4.69, 9.17) is 0 Å². The Bertz CT molecular complexity index is 454. The molecule has 74 valence electrons. The number of rotatable bonds is 1. The second kappa shape index (κ2) is 2.77. The summed E-state index contributed by atoms with van der Waals surface area (Å²) in [5, 5.41) is 0. The second-order valence-electron chi connectivity index (χ2n) is 3.59. The minimum atomic E-state index is -0.296. The van der Waals surface area contributed by atoms with Crippen molar-refractivity contribution in [2.45, 2.75) is 12.8 Å². The van der Waals surface area contributed by atoms with Crippen LogP contribution in [-0.4, -0.2) is 13.1 Å². The molecule has 0 unspecified atom stereocenters. The van der Waals surface area contributed by atoms with E-state index in [1.165, 1.54) is 0 Å². The molecule has 0 radical (unpaired) electrons. The summed E-state index contributed by atoms with van der Waals surface area (Å²) in [6.45, 7) is 1.85. The largest absolute Gasteiger partial charge is 0.369 e. The number of benzene rings is 1. The Labute approximate surface area is 80.0 Å². The lowest BCUT2D eigenvalue weighted by Gasteiger charge is -2.18. The van der Waals surface area contributed by atoms with Crippen LogP contribution in [-0.2, 0) is 0 Å². The fourth-order valence-electron chi connectivity index (χ4n) is 1.93. The zero-order valence-electron chi connectivity index (χ0n) is 7.62. The van der Waals surface area contributed by atoms with Crippen LogP contribution in [0.4, 0.5) is 10.1 Å². The van der Waals surface area contributed by atoms with Crippen molar-refractivity contribution >= 4 is 16.9 Å². The quantitative estimate of drug-likeness (QED) is 0.655. The lowest BCUT2D eigenvalue weighted by atomic mass is 10.2. The minimum absolute atomic E-state index is 0.245. The lowest BCUT2D eigenvalue weighted by molar-refractivity contribution is 0.0555. The van der Waals surface area contributed by atoms with Crippen molar-refractivity contribution in [3.63, 3.8) is 0 Å². The summed E-state index contributed by atoms with van der Waals surface area (Å²) in [5.74, 6) is -0.296. The third-order valence-electron chi connectivity index (χ3n) is 2.70. The Morgan fingerprint density at radius 2 is 1.93 bits per heavy atom. The van der Waals surface area contributed by atoms with Crippen LogP contribution in [0.3, 0.4) is 0 Å². The predicted octanol–water partition coefficient (Wildman–Crippen LogP) is 2.77. The van der Waals surface area contributed by atoms with E-state index >= 15 is 0 Å². The molecule has 0 spiro atoms. The first-order chi connectivity index (χ1) is 6.86. The van der Waals surface area contributed by atoms with Gasteiger partial charge in [-0.15, -0.1) is 0 Å². The second-order valence-corrected chi connectivity index (χ2v) is 3.59. The van der Waals surface area contributed by atoms with Crippen LogP contribution < -0.4 is 4.90 Å². The van der Waals surface area contributed by atoms with E-state index in [0.717, 1.165) is 25.9 Å². The van der Waals surface area contributed by atoms with Crippen LogP contribution in [0, 0.1) is 5.82 Å². The van der Waals surface area contributed by atoms with Gasteiger partial charge in [0.1, 0.15) is 0 Å². The average molecular weight is 195 g/mol. The standard InChI is InChI=1S/C10H10FNO2/c11-9-7(12-5-1-2-6-12)3-4-8-10(9)14-13-8/h3-4H,1-2,5-6H2. The summed E-state index contributed by atoms with van der Waals surface area (Å²) < 4.78 is 22.9. The first kappa shape index (κ1) is 7.91. The average Bonchev–Trinajstić information content (AvgIpc) is 2.60. The molecule has 0 amide bonds. The van der Waals surface area contributed by atoms with Crippen LogP contribution in [0.15, 0.2) is 21.3 Å². The molecule has 4 heteroatoms. The highest BCUT2D eigenvalue weighted by Gasteiger charge is 2.21. The van der Waals surface area contributed by atoms with Gasteiger partial charge in [0.05, 0.1) is 5.69 Å². The number of nitrogens with zero attached hydrogens (tertiary/aromatic N) is 1. The van der Waals surface area contributed by atoms with Gasteiger partial charge in [-0.1, -0.05) is 0 Å². The first-order valence-electron chi connectivity index (χ1n) is 4.78. The molecule has 1 saturated heterocycles. The maximum atomic E-state index is 13.7. The first-order valence-corrected chi connectivity index (χ1v) is 4.78. The fourth-order valence-corrected chi connectivity index (χ4v) is 1.93. The van der Waals surface area contributed by atoms with Crippen molar-refractivity contribution in [2.75, 3.05) is 18.0 Å².